The second-order valence-corrected chi connectivity index (χ2v) is 2.88. The van der Waals surface area contributed by atoms with Crippen LogP contribution in [0.15, 0.2) is 18.2 Å². The molecule has 2 radical (unpaired) electrons. The van der Waals surface area contributed by atoms with Crippen molar-refractivity contribution in [2.75, 3.05) is 0 Å². The maximum absolute atomic E-state index is 5.63. The quantitative estimate of drug-likeness (QED) is 0.505. The highest BCUT2D eigenvalue weighted by molar-refractivity contribution is 5.36. The van der Waals surface area contributed by atoms with Gasteiger partial charge in [0.25, 0.3) is 0 Å². The monoisotopic (exact) mass is 130 g/mol. The zero-order chi connectivity index (χ0) is 6.97. The fourth-order valence-electron chi connectivity index (χ4n) is 1.59. The Hall–Kier alpha value is -0.780. The van der Waals surface area contributed by atoms with Crippen molar-refractivity contribution in [2.24, 2.45) is 0 Å². The Kier molecular flexibility index (Phi) is 1.26. The van der Waals surface area contributed by atoms with Crippen LogP contribution < -0.4 is 0 Å². The summed E-state index contributed by atoms with van der Waals surface area (Å²) in [5.74, 6) is 0. The molecular formula is C10H10. The predicted molar refractivity (Wildman–Crippen MR) is 41.9 cm³/mol. The van der Waals surface area contributed by atoms with Crippen molar-refractivity contribution in [2.45, 2.75) is 19.3 Å². The van der Waals surface area contributed by atoms with Crippen LogP contribution in [-0.4, -0.2) is 0 Å². The highest BCUT2D eigenvalue weighted by Crippen LogP contribution is 2.22. The summed E-state index contributed by atoms with van der Waals surface area (Å²) in [5.41, 5.74) is 3.86. The van der Waals surface area contributed by atoms with Gasteiger partial charge in [-0.25, -0.2) is 0 Å². The van der Waals surface area contributed by atoms with E-state index in [1.54, 1.807) is 0 Å². The lowest BCUT2D eigenvalue weighted by atomic mass is 10.1. The van der Waals surface area contributed by atoms with Gasteiger partial charge >= 0.3 is 0 Å². The van der Waals surface area contributed by atoms with Crippen molar-refractivity contribution >= 4 is 0 Å². The molecule has 0 saturated heterocycles. The maximum Gasteiger partial charge on any atom is -0.00119 e. The molecule has 0 fully saturated rings. The van der Waals surface area contributed by atoms with Gasteiger partial charge in [0, 0.05) is 0 Å². The van der Waals surface area contributed by atoms with Crippen molar-refractivity contribution in [3.63, 3.8) is 0 Å². The minimum Gasteiger partial charge on any atom is -0.0585 e. The topological polar surface area (TPSA) is 0 Å². The first-order valence-electron chi connectivity index (χ1n) is 3.73. The van der Waals surface area contributed by atoms with Crippen molar-refractivity contribution in [3.05, 3.63) is 41.8 Å². The van der Waals surface area contributed by atoms with E-state index >= 15 is 0 Å². The van der Waals surface area contributed by atoms with Crippen molar-refractivity contribution in [1.29, 1.82) is 0 Å². The third-order valence-corrected chi connectivity index (χ3v) is 2.12. The Morgan fingerprint density at radius 2 is 1.90 bits per heavy atom. The van der Waals surface area contributed by atoms with Crippen LogP contribution in [0, 0.1) is 6.92 Å². The van der Waals surface area contributed by atoms with E-state index < -0.39 is 0 Å². The molecule has 0 N–H and O–H groups in total. The number of aryl methyl sites for hydroxylation is 2. The van der Waals surface area contributed by atoms with E-state index in [9.17, 15) is 0 Å². The lowest BCUT2D eigenvalue weighted by molar-refractivity contribution is 0.911. The first-order chi connectivity index (χ1) is 4.86. The van der Waals surface area contributed by atoms with Gasteiger partial charge in [0.2, 0.25) is 0 Å². The molecule has 1 aliphatic carbocycles. The Bertz CT molecular complexity index is 248. The van der Waals surface area contributed by atoms with Crippen LogP contribution in [0.5, 0.6) is 0 Å². The summed E-state index contributed by atoms with van der Waals surface area (Å²) in [6.07, 6.45) is 3.77. The van der Waals surface area contributed by atoms with Crippen molar-refractivity contribution < 1.29 is 0 Å². The molecule has 0 bridgehead atoms. The van der Waals surface area contributed by atoms with Crippen LogP contribution in [-0.2, 0) is 12.8 Å². The SMILES string of the molecule is [CH]c1ccc2c(c1)CCC2. The molecular weight excluding hydrogens is 120 g/mol. The third kappa shape index (κ3) is 0.841. The van der Waals surface area contributed by atoms with Crippen LogP contribution in [0.4, 0.5) is 0 Å². The first-order valence-corrected chi connectivity index (χ1v) is 3.73. The molecule has 0 saturated carbocycles. The van der Waals surface area contributed by atoms with Gasteiger partial charge in [-0.1, -0.05) is 18.2 Å². The summed E-state index contributed by atoms with van der Waals surface area (Å²) in [7, 11) is 0. The molecule has 1 aromatic rings. The molecule has 0 heteroatoms. The van der Waals surface area contributed by atoms with E-state index in [-0.39, 0.29) is 0 Å². The van der Waals surface area contributed by atoms with E-state index in [0.717, 1.165) is 5.56 Å². The van der Waals surface area contributed by atoms with Gasteiger partial charge in [0.05, 0.1) is 0 Å². The van der Waals surface area contributed by atoms with E-state index in [1.807, 2.05) is 6.07 Å². The van der Waals surface area contributed by atoms with E-state index in [0.29, 0.717) is 0 Å². The minimum atomic E-state index is 0.903. The molecule has 1 aromatic carbocycles. The molecule has 50 valence electrons. The summed E-state index contributed by atoms with van der Waals surface area (Å²) in [6.45, 7) is 5.63. The van der Waals surface area contributed by atoms with E-state index in [2.05, 4.69) is 12.1 Å². The van der Waals surface area contributed by atoms with E-state index in [1.165, 1.54) is 30.4 Å². The lowest BCUT2D eigenvalue weighted by Crippen LogP contribution is -1.81. The molecule has 0 atom stereocenters. The average molecular weight is 130 g/mol. The maximum atomic E-state index is 5.63. The number of rotatable bonds is 0. The van der Waals surface area contributed by atoms with Gasteiger partial charge < -0.3 is 0 Å². The smallest absolute Gasteiger partial charge is 0.00119 e. The predicted octanol–water partition coefficient (Wildman–Crippen LogP) is 2.23. The van der Waals surface area contributed by atoms with Crippen LogP contribution in [0.2, 0.25) is 0 Å². The van der Waals surface area contributed by atoms with Crippen molar-refractivity contribution in [3.8, 4) is 0 Å². The Morgan fingerprint density at radius 1 is 1.10 bits per heavy atom. The molecule has 0 spiro atoms. The Labute approximate surface area is 61.9 Å². The molecule has 0 aliphatic heterocycles. The Balaban J connectivity index is 2.52. The second-order valence-electron chi connectivity index (χ2n) is 2.88. The van der Waals surface area contributed by atoms with Gasteiger partial charge in [0.15, 0.2) is 0 Å². The molecule has 0 unspecified atom stereocenters. The highest BCUT2D eigenvalue weighted by Gasteiger charge is 2.08. The summed E-state index contributed by atoms with van der Waals surface area (Å²) >= 11 is 0. The molecule has 0 heterocycles. The highest BCUT2D eigenvalue weighted by atomic mass is 14.1. The van der Waals surface area contributed by atoms with Crippen LogP contribution >= 0.6 is 0 Å². The summed E-state index contributed by atoms with van der Waals surface area (Å²) < 4.78 is 0. The molecule has 10 heavy (non-hydrogen) atoms. The number of fused-ring (bicyclic) bond motifs is 1. The van der Waals surface area contributed by atoms with Crippen LogP contribution in [0.1, 0.15) is 23.1 Å². The van der Waals surface area contributed by atoms with Gasteiger partial charge in [-0.3, -0.25) is 0 Å². The third-order valence-electron chi connectivity index (χ3n) is 2.12. The summed E-state index contributed by atoms with van der Waals surface area (Å²) in [4.78, 5) is 0. The summed E-state index contributed by atoms with van der Waals surface area (Å²) in [5, 5.41) is 0. The van der Waals surface area contributed by atoms with Crippen LogP contribution in [0.25, 0.3) is 0 Å². The lowest BCUT2D eigenvalue weighted by Gasteiger charge is -1.97. The first kappa shape index (κ1) is 5.96. The molecule has 2 rings (SSSR count). The average Bonchev–Trinajstić information content (AvgIpc) is 2.33. The number of benzene rings is 1. The zero-order valence-electron chi connectivity index (χ0n) is 5.93. The minimum absolute atomic E-state index is 0.903. The molecule has 1 aliphatic rings. The van der Waals surface area contributed by atoms with Crippen molar-refractivity contribution in [1.82, 2.24) is 0 Å². The van der Waals surface area contributed by atoms with Gasteiger partial charge in [0.1, 0.15) is 0 Å². The summed E-state index contributed by atoms with van der Waals surface area (Å²) in [6, 6.07) is 6.24. The van der Waals surface area contributed by atoms with Gasteiger partial charge in [-0.15, -0.1) is 0 Å². The number of hydrogen-bond acceptors (Lipinski definition) is 0. The van der Waals surface area contributed by atoms with Gasteiger partial charge in [-0.05, 0) is 42.9 Å². The van der Waals surface area contributed by atoms with Gasteiger partial charge in [-0.2, -0.15) is 0 Å². The second kappa shape index (κ2) is 2.12. The largest absolute Gasteiger partial charge is 0.0585 e. The molecule has 0 nitrogen and oxygen atoms in total. The standard InChI is InChI=1S/C10H10/c1-8-5-6-9-3-2-4-10(9)7-8/h1,5-7H,2-4H2. The zero-order valence-corrected chi connectivity index (χ0v) is 5.93. The van der Waals surface area contributed by atoms with Crippen LogP contribution in [0.3, 0.4) is 0 Å². The Morgan fingerprint density at radius 3 is 2.80 bits per heavy atom. The molecule has 0 amide bonds. The fourth-order valence-corrected chi connectivity index (χ4v) is 1.59. The fraction of sp³-hybridized carbons (Fsp3) is 0.300. The normalized spacial score (nSPS) is 15.3. The number of hydrogen-bond donors (Lipinski definition) is 0. The molecule has 0 aromatic heterocycles. The van der Waals surface area contributed by atoms with E-state index in [4.69, 9.17) is 6.92 Å².